The standard InChI is InChI=1S/C15H23ClN2O/c16-14-4-2-1-3-13(14)15(17)7-10-18-8-5-12(11-19)6-9-18/h1-4,12,15,19H,5-11,17H2. The van der Waals surface area contributed by atoms with Crippen LogP contribution < -0.4 is 5.73 Å². The van der Waals surface area contributed by atoms with Crippen LogP contribution in [-0.4, -0.2) is 36.2 Å². The number of piperidine rings is 1. The summed E-state index contributed by atoms with van der Waals surface area (Å²) in [6, 6.07) is 7.81. The van der Waals surface area contributed by atoms with Gasteiger partial charge in [-0.3, -0.25) is 0 Å². The molecule has 19 heavy (non-hydrogen) atoms. The van der Waals surface area contributed by atoms with Crippen LogP contribution in [0.3, 0.4) is 0 Å². The number of aliphatic hydroxyl groups excluding tert-OH is 1. The second-order valence-corrected chi connectivity index (χ2v) is 5.79. The van der Waals surface area contributed by atoms with Gasteiger partial charge in [0.05, 0.1) is 0 Å². The van der Waals surface area contributed by atoms with Crippen molar-refractivity contribution in [3.05, 3.63) is 34.9 Å². The number of halogens is 1. The Bertz CT molecular complexity index is 391. The Morgan fingerprint density at radius 2 is 2.00 bits per heavy atom. The van der Waals surface area contributed by atoms with Gasteiger partial charge in [-0.2, -0.15) is 0 Å². The molecule has 1 aromatic rings. The quantitative estimate of drug-likeness (QED) is 0.872. The predicted octanol–water partition coefficient (Wildman–Crippen LogP) is 2.43. The van der Waals surface area contributed by atoms with Crippen molar-refractivity contribution in [3.63, 3.8) is 0 Å². The normalized spacial score (nSPS) is 19.5. The van der Waals surface area contributed by atoms with Crippen molar-refractivity contribution in [1.29, 1.82) is 0 Å². The number of rotatable bonds is 5. The van der Waals surface area contributed by atoms with E-state index < -0.39 is 0 Å². The summed E-state index contributed by atoms with van der Waals surface area (Å²) in [5.41, 5.74) is 7.25. The molecule has 0 aromatic heterocycles. The molecule has 1 aromatic carbocycles. The second kappa shape index (κ2) is 7.25. The van der Waals surface area contributed by atoms with Gasteiger partial charge in [0.25, 0.3) is 0 Å². The average Bonchev–Trinajstić information content (AvgIpc) is 2.46. The van der Waals surface area contributed by atoms with E-state index in [-0.39, 0.29) is 6.04 Å². The van der Waals surface area contributed by atoms with Gasteiger partial charge in [0.2, 0.25) is 0 Å². The Balaban J connectivity index is 1.78. The predicted molar refractivity (Wildman–Crippen MR) is 79.2 cm³/mol. The van der Waals surface area contributed by atoms with Gasteiger partial charge in [-0.15, -0.1) is 0 Å². The molecule has 3 N–H and O–H groups in total. The van der Waals surface area contributed by atoms with Crippen molar-refractivity contribution in [2.45, 2.75) is 25.3 Å². The van der Waals surface area contributed by atoms with Gasteiger partial charge in [-0.1, -0.05) is 29.8 Å². The third kappa shape index (κ3) is 4.18. The van der Waals surface area contributed by atoms with Crippen LogP contribution in [-0.2, 0) is 0 Å². The summed E-state index contributed by atoms with van der Waals surface area (Å²) in [6.07, 6.45) is 3.11. The second-order valence-electron chi connectivity index (χ2n) is 5.38. The van der Waals surface area contributed by atoms with Crippen LogP contribution in [0.5, 0.6) is 0 Å². The molecule has 4 heteroatoms. The summed E-state index contributed by atoms with van der Waals surface area (Å²) in [6.45, 7) is 3.47. The summed E-state index contributed by atoms with van der Waals surface area (Å²) in [5.74, 6) is 0.494. The van der Waals surface area contributed by atoms with Gasteiger partial charge in [-0.25, -0.2) is 0 Å². The molecule has 106 valence electrons. The van der Waals surface area contributed by atoms with Gasteiger partial charge in [-0.05, 0) is 56.4 Å². The highest BCUT2D eigenvalue weighted by atomic mass is 35.5. The maximum atomic E-state index is 9.12. The van der Waals surface area contributed by atoms with Gasteiger partial charge >= 0.3 is 0 Å². The molecule has 0 aliphatic carbocycles. The minimum atomic E-state index is 0.00395. The molecule has 3 nitrogen and oxygen atoms in total. The van der Waals surface area contributed by atoms with Gasteiger partial charge in [0.15, 0.2) is 0 Å². The number of likely N-dealkylation sites (tertiary alicyclic amines) is 1. The number of nitrogens with two attached hydrogens (primary N) is 1. The first-order valence-electron chi connectivity index (χ1n) is 7.04. The van der Waals surface area contributed by atoms with Crippen molar-refractivity contribution in [2.75, 3.05) is 26.2 Å². The molecule has 1 fully saturated rings. The fourth-order valence-electron chi connectivity index (χ4n) is 2.65. The van der Waals surface area contributed by atoms with Crippen molar-refractivity contribution < 1.29 is 5.11 Å². The lowest BCUT2D eigenvalue weighted by atomic mass is 9.97. The summed E-state index contributed by atoms with van der Waals surface area (Å²) in [4.78, 5) is 2.43. The van der Waals surface area contributed by atoms with E-state index >= 15 is 0 Å². The third-order valence-electron chi connectivity index (χ3n) is 4.03. The van der Waals surface area contributed by atoms with E-state index in [1.165, 1.54) is 0 Å². The Hall–Kier alpha value is -0.610. The van der Waals surface area contributed by atoms with Gasteiger partial charge in [0.1, 0.15) is 0 Å². The van der Waals surface area contributed by atoms with Crippen LogP contribution in [0.4, 0.5) is 0 Å². The summed E-state index contributed by atoms with van der Waals surface area (Å²) >= 11 is 6.16. The molecule has 0 spiro atoms. The van der Waals surface area contributed by atoms with Crippen LogP contribution in [0.1, 0.15) is 30.9 Å². The number of hydrogen-bond acceptors (Lipinski definition) is 3. The molecule has 0 saturated carbocycles. The maximum Gasteiger partial charge on any atom is 0.0460 e. The number of benzene rings is 1. The van der Waals surface area contributed by atoms with Gasteiger partial charge in [0, 0.05) is 17.7 Å². The van der Waals surface area contributed by atoms with E-state index in [1.807, 2.05) is 24.3 Å². The molecule has 1 saturated heterocycles. The average molecular weight is 283 g/mol. The molecule has 1 aliphatic heterocycles. The minimum absolute atomic E-state index is 0.00395. The fraction of sp³-hybridized carbons (Fsp3) is 0.600. The van der Waals surface area contributed by atoms with E-state index in [1.54, 1.807) is 0 Å². The summed E-state index contributed by atoms with van der Waals surface area (Å²) in [5, 5.41) is 9.88. The molecule has 1 atom stereocenters. The number of aliphatic hydroxyl groups is 1. The van der Waals surface area contributed by atoms with E-state index in [0.717, 1.165) is 49.5 Å². The Labute approximate surface area is 120 Å². The zero-order valence-corrected chi connectivity index (χ0v) is 12.0. The highest BCUT2D eigenvalue weighted by molar-refractivity contribution is 6.31. The first-order chi connectivity index (χ1) is 9.20. The van der Waals surface area contributed by atoms with Crippen LogP contribution >= 0.6 is 11.6 Å². The van der Waals surface area contributed by atoms with Gasteiger partial charge < -0.3 is 15.7 Å². The van der Waals surface area contributed by atoms with Crippen molar-refractivity contribution in [3.8, 4) is 0 Å². The molecule has 1 unspecified atom stereocenters. The molecule has 2 rings (SSSR count). The SMILES string of the molecule is NC(CCN1CCC(CO)CC1)c1ccccc1Cl. The number of nitrogens with zero attached hydrogens (tertiary/aromatic N) is 1. The molecular formula is C15H23ClN2O. The highest BCUT2D eigenvalue weighted by Gasteiger charge is 2.19. The van der Waals surface area contributed by atoms with Crippen LogP contribution in [0.15, 0.2) is 24.3 Å². The lowest BCUT2D eigenvalue weighted by Crippen LogP contribution is -2.36. The van der Waals surface area contributed by atoms with Crippen LogP contribution in [0.25, 0.3) is 0 Å². The fourth-order valence-corrected chi connectivity index (χ4v) is 2.92. The number of hydrogen-bond donors (Lipinski definition) is 2. The Kier molecular flexibility index (Phi) is 5.64. The topological polar surface area (TPSA) is 49.5 Å². The molecule has 1 aliphatic rings. The van der Waals surface area contributed by atoms with E-state index in [4.69, 9.17) is 22.4 Å². The smallest absolute Gasteiger partial charge is 0.0460 e. The third-order valence-corrected chi connectivity index (χ3v) is 4.37. The lowest BCUT2D eigenvalue weighted by Gasteiger charge is -2.31. The lowest BCUT2D eigenvalue weighted by molar-refractivity contribution is 0.129. The molecule has 0 bridgehead atoms. The van der Waals surface area contributed by atoms with Crippen molar-refractivity contribution in [1.82, 2.24) is 4.90 Å². The van der Waals surface area contributed by atoms with E-state index in [9.17, 15) is 0 Å². The first kappa shape index (κ1) is 14.8. The zero-order valence-electron chi connectivity index (χ0n) is 11.3. The maximum absolute atomic E-state index is 9.12. The van der Waals surface area contributed by atoms with Crippen molar-refractivity contribution >= 4 is 11.6 Å². The monoisotopic (exact) mass is 282 g/mol. The Morgan fingerprint density at radius 3 is 2.63 bits per heavy atom. The minimum Gasteiger partial charge on any atom is -0.396 e. The first-order valence-corrected chi connectivity index (χ1v) is 7.41. The summed E-state index contributed by atoms with van der Waals surface area (Å²) < 4.78 is 0. The summed E-state index contributed by atoms with van der Waals surface area (Å²) in [7, 11) is 0. The van der Waals surface area contributed by atoms with E-state index in [2.05, 4.69) is 4.90 Å². The highest BCUT2D eigenvalue weighted by Crippen LogP contribution is 2.24. The molecule has 0 radical (unpaired) electrons. The molecular weight excluding hydrogens is 260 g/mol. The largest absolute Gasteiger partial charge is 0.396 e. The molecule has 0 amide bonds. The molecule has 1 heterocycles. The zero-order chi connectivity index (χ0) is 13.7. The van der Waals surface area contributed by atoms with E-state index in [0.29, 0.717) is 12.5 Å². The van der Waals surface area contributed by atoms with Crippen LogP contribution in [0, 0.1) is 5.92 Å². The Morgan fingerprint density at radius 1 is 1.32 bits per heavy atom. The van der Waals surface area contributed by atoms with Crippen molar-refractivity contribution in [2.24, 2.45) is 11.7 Å². The van der Waals surface area contributed by atoms with Crippen LogP contribution in [0.2, 0.25) is 5.02 Å².